The lowest BCUT2D eigenvalue weighted by Gasteiger charge is -2.34. The summed E-state index contributed by atoms with van der Waals surface area (Å²) in [4.78, 5) is 9.43. The average Bonchev–Trinajstić information content (AvgIpc) is 2.42. The van der Waals surface area contributed by atoms with Crippen LogP contribution in [0.4, 0.5) is 5.82 Å². The molecular formula is C14H24N4. The Morgan fingerprint density at radius 1 is 1.17 bits per heavy atom. The van der Waals surface area contributed by atoms with Crippen LogP contribution in [0.2, 0.25) is 0 Å². The standard InChI is InChI=1S/C14H24N4/c1-3-6-17-7-9-18(10-8-17)12-13-4-5-14(15-2)16-11-13/h4-5,11H,3,6-10,12H2,1-2H3,(H,15,16). The van der Waals surface area contributed by atoms with E-state index in [0.717, 1.165) is 12.4 Å². The van der Waals surface area contributed by atoms with Crippen molar-refractivity contribution in [1.29, 1.82) is 0 Å². The molecule has 2 rings (SSSR count). The van der Waals surface area contributed by atoms with E-state index in [1.54, 1.807) is 0 Å². The zero-order chi connectivity index (χ0) is 12.8. The summed E-state index contributed by atoms with van der Waals surface area (Å²) in [5, 5.41) is 3.05. The fourth-order valence-electron chi connectivity index (χ4n) is 2.41. The first-order chi connectivity index (χ1) is 8.81. The van der Waals surface area contributed by atoms with E-state index in [2.05, 4.69) is 33.1 Å². The zero-order valence-electron chi connectivity index (χ0n) is 11.5. The van der Waals surface area contributed by atoms with E-state index in [-0.39, 0.29) is 0 Å². The first-order valence-corrected chi connectivity index (χ1v) is 6.89. The molecule has 1 N–H and O–H groups in total. The van der Waals surface area contributed by atoms with E-state index in [1.165, 1.54) is 44.7 Å². The topological polar surface area (TPSA) is 31.4 Å². The Morgan fingerprint density at radius 3 is 2.44 bits per heavy atom. The highest BCUT2D eigenvalue weighted by atomic mass is 15.3. The quantitative estimate of drug-likeness (QED) is 0.858. The van der Waals surface area contributed by atoms with Gasteiger partial charge in [0.2, 0.25) is 0 Å². The van der Waals surface area contributed by atoms with E-state index in [0.29, 0.717) is 0 Å². The number of rotatable bonds is 5. The van der Waals surface area contributed by atoms with Gasteiger partial charge in [0.05, 0.1) is 0 Å². The molecule has 2 heterocycles. The maximum Gasteiger partial charge on any atom is 0.125 e. The van der Waals surface area contributed by atoms with Gasteiger partial charge in [-0.1, -0.05) is 13.0 Å². The molecule has 1 aromatic heterocycles. The highest BCUT2D eigenvalue weighted by molar-refractivity contribution is 5.34. The van der Waals surface area contributed by atoms with Crippen LogP contribution in [0.15, 0.2) is 18.3 Å². The van der Waals surface area contributed by atoms with Gasteiger partial charge in [-0.3, -0.25) is 4.90 Å². The number of aromatic nitrogens is 1. The third-order valence-electron chi connectivity index (χ3n) is 3.49. The molecule has 0 unspecified atom stereocenters. The fraction of sp³-hybridized carbons (Fsp3) is 0.643. The van der Waals surface area contributed by atoms with Crippen LogP contribution in [-0.4, -0.2) is 54.6 Å². The molecule has 0 aliphatic carbocycles. The summed E-state index contributed by atoms with van der Waals surface area (Å²) >= 11 is 0. The Bertz CT molecular complexity index is 341. The van der Waals surface area contributed by atoms with Crippen LogP contribution in [-0.2, 0) is 6.54 Å². The number of hydrogen-bond donors (Lipinski definition) is 1. The first kappa shape index (κ1) is 13.3. The predicted molar refractivity (Wildman–Crippen MR) is 75.8 cm³/mol. The van der Waals surface area contributed by atoms with Crippen molar-refractivity contribution in [3.8, 4) is 0 Å². The molecule has 1 fully saturated rings. The van der Waals surface area contributed by atoms with Crippen molar-refractivity contribution in [3.63, 3.8) is 0 Å². The number of anilines is 1. The minimum Gasteiger partial charge on any atom is -0.373 e. The summed E-state index contributed by atoms with van der Waals surface area (Å²) in [6.07, 6.45) is 3.24. The van der Waals surface area contributed by atoms with Crippen LogP contribution >= 0.6 is 0 Å². The number of hydrogen-bond acceptors (Lipinski definition) is 4. The largest absolute Gasteiger partial charge is 0.373 e. The van der Waals surface area contributed by atoms with Crippen molar-refractivity contribution < 1.29 is 0 Å². The molecule has 0 atom stereocenters. The molecule has 4 heteroatoms. The average molecular weight is 248 g/mol. The van der Waals surface area contributed by atoms with Crippen LogP contribution in [0.25, 0.3) is 0 Å². The molecule has 1 aliphatic rings. The van der Waals surface area contributed by atoms with Gasteiger partial charge in [0.15, 0.2) is 0 Å². The fourth-order valence-corrected chi connectivity index (χ4v) is 2.41. The monoisotopic (exact) mass is 248 g/mol. The molecule has 1 saturated heterocycles. The van der Waals surface area contributed by atoms with Crippen molar-refractivity contribution >= 4 is 5.82 Å². The van der Waals surface area contributed by atoms with Gasteiger partial charge in [0, 0.05) is 46.0 Å². The predicted octanol–water partition coefficient (Wildman–Crippen LogP) is 1.65. The molecule has 0 aromatic carbocycles. The first-order valence-electron chi connectivity index (χ1n) is 6.89. The van der Waals surface area contributed by atoms with E-state index in [1.807, 2.05) is 19.3 Å². The maximum absolute atomic E-state index is 4.36. The van der Waals surface area contributed by atoms with Gasteiger partial charge in [0.25, 0.3) is 0 Å². The molecular weight excluding hydrogens is 224 g/mol. The summed E-state index contributed by atoms with van der Waals surface area (Å²) in [7, 11) is 1.90. The lowest BCUT2D eigenvalue weighted by molar-refractivity contribution is 0.127. The molecule has 100 valence electrons. The molecule has 4 nitrogen and oxygen atoms in total. The van der Waals surface area contributed by atoms with E-state index in [9.17, 15) is 0 Å². The Balaban J connectivity index is 1.80. The zero-order valence-corrected chi connectivity index (χ0v) is 11.5. The molecule has 0 amide bonds. The normalized spacial score (nSPS) is 17.9. The smallest absolute Gasteiger partial charge is 0.125 e. The second-order valence-electron chi connectivity index (χ2n) is 4.92. The van der Waals surface area contributed by atoms with Crippen molar-refractivity contribution in [3.05, 3.63) is 23.9 Å². The summed E-state index contributed by atoms with van der Waals surface area (Å²) in [5.41, 5.74) is 1.30. The molecule has 0 radical (unpaired) electrons. The summed E-state index contributed by atoms with van der Waals surface area (Å²) in [6.45, 7) is 9.28. The SMILES string of the molecule is CCCN1CCN(Cc2ccc(NC)nc2)CC1. The Morgan fingerprint density at radius 2 is 1.89 bits per heavy atom. The number of pyridine rings is 1. The van der Waals surface area contributed by atoms with Crippen molar-refractivity contribution in [2.45, 2.75) is 19.9 Å². The summed E-state index contributed by atoms with van der Waals surface area (Å²) in [6, 6.07) is 4.21. The lowest BCUT2D eigenvalue weighted by atomic mass is 10.2. The van der Waals surface area contributed by atoms with E-state index < -0.39 is 0 Å². The van der Waals surface area contributed by atoms with Crippen LogP contribution in [0.1, 0.15) is 18.9 Å². The van der Waals surface area contributed by atoms with E-state index >= 15 is 0 Å². The molecule has 0 bridgehead atoms. The van der Waals surface area contributed by atoms with Crippen molar-refractivity contribution in [1.82, 2.24) is 14.8 Å². The summed E-state index contributed by atoms with van der Waals surface area (Å²) in [5.74, 6) is 0.937. The number of nitrogens with zero attached hydrogens (tertiary/aromatic N) is 3. The Kier molecular flexibility index (Phi) is 4.96. The second-order valence-corrected chi connectivity index (χ2v) is 4.92. The van der Waals surface area contributed by atoms with Gasteiger partial charge < -0.3 is 10.2 Å². The minimum absolute atomic E-state index is 0.937. The molecule has 1 aliphatic heterocycles. The van der Waals surface area contributed by atoms with Crippen LogP contribution < -0.4 is 5.32 Å². The second kappa shape index (κ2) is 6.71. The maximum atomic E-state index is 4.36. The number of nitrogens with one attached hydrogen (secondary N) is 1. The highest BCUT2D eigenvalue weighted by Crippen LogP contribution is 2.10. The number of piperazine rings is 1. The van der Waals surface area contributed by atoms with Crippen LogP contribution in [0.3, 0.4) is 0 Å². The van der Waals surface area contributed by atoms with Crippen molar-refractivity contribution in [2.24, 2.45) is 0 Å². The molecule has 0 saturated carbocycles. The van der Waals surface area contributed by atoms with E-state index in [4.69, 9.17) is 0 Å². The van der Waals surface area contributed by atoms with Crippen LogP contribution in [0, 0.1) is 0 Å². The Labute approximate surface area is 110 Å². The lowest BCUT2D eigenvalue weighted by Crippen LogP contribution is -2.45. The van der Waals surface area contributed by atoms with Gasteiger partial charge in [-0.2, -0.15) is 0 Å². The van der Waals surface area contributed by atoms with Gasteiger partial charge in [0.1, 0.15) is 5.82 Å². The Hall–Kier alpha value is -1.13. The van der Waals surface area contributed by atoms with Gasteiger partial charge in [-0.15, -0.1) is 0 Å². The third kappa shape index (κ3) is 3.68. The van der Waals surface area contributed by atoms with Gasteiger partial charge in [-0.25, -0.2) is 4.98 Å². The van der Waals surface area contributed by atoms with Gasteiger partial charge >= 0.3 is 0 Å². The third-order valence-corrected chi connectivity index (χ3v) is 3.49. The molecule has 18 heavy (non-hydrogen) atoms. The molecule has 0 spiro atoms. The minimum atomic E-state index is 0.937. The highest BCUT2D eigenvalue weighted by Gasteiger charge is 2.15. The molecule has 1 aromatic rings. The van der Waals surface area contributed by atoms with Crippen LogP contribution in [0.5, 0.6) is 0 Å². The summed E-state index contributed by atoms with van der Waals surface area (Å²) < 4.78 is 0. The van der Waals surface area contributed by atoms with Gasteiger partial charge in [-0.05, 0) is 24.6 Å². The van der Waals surface area contributed by atoms with Crippen molar-refractivity contribution in [2.75, 3.05) is 45.1 Å².